The van der Waals surface area contributed by atoms with Gasteiger partial charge in [-0.1, -0.05) is 40.2 Å². The molecule has 0 spiro atoms. The number of rotatable bonds is 5. The van der Waals surface area contributed by atoms with Gasteiger partial charge in [-0.3, -0.25) is 10.1 Å². The molecule has 2 rings (SSSR count). The summed E-state index contributed by atoms with van der Waals surface area (Å²) in [5.74, 6) is 0. The first-order valence-corrected chi connectivity index (χ1v) is 6.79. The van der Waals surface area contributed by atoms with Gasteiger partial charge in [-0.15, -0.1) is 5.10 Å². The van der Waals surface area contributed by atoms with Crippen molar-refractivity contribution in [3.05, 3.63) is 51.8 Å². The van der Waals surface area contributed by atoms with E-state index in [2.05, 4.69) is 33.2 Å². The summed E-state index contributed by atoms with van der Waals surface area (Å²) >= 11 is 3.52. The quantitative estimate of drug-likeness (QED) is 0.481. The largest absolute Gasteiger partial charge is 0.269 e. The van der Waals surface area contributed by atoms with E-state index in [1.807, 2.05) is 6.20 Å². The number of nitrogens with zero attached hydrogens (tertiary/aromatic N) is 4. The van der Waals surface area contributed by atoms with Gasteiger partial charge in [0.25, 0.3) is 5.69 Å². The number of aromatic nitrogens is 3. The average Bonchev–Trinajstić information content (AvgIpc) is 2.87. The second-order valence-corrected chi connectivity index (χ2v) is 5.25. The number of non-ortho nitro benzene ring substituents is 1. The van der Waals surface area contributed by atoms with Crippen molar-refractivity contribution in [2.24, 2.45) is 0 Å². The van der Waals surface area contributed by atoms with E-state index in [0.29, 0.717) is 6.54 Å². The van der Waals surface area contributed by atoms with Crippen LogP contribution >= 0.6 is 15.9 Å². The van der Waals surface area contributed by atoms with E-state index in [4.69, 9.17) is 0 Å². The van der Waals surface area contributed by atoms with Gasteiger partial charge < -0.3 is 0 Å². The van der Waals surface area contributed by atoms with Crippen molar-refractivity contribution >= 4 is 21.6 Å². The monoisotopic (exact) mass is 324 g/mol. The Kier molecular flexibility index (Phi) is 4.26. The molecule has 0 saturated heterocycles. The molecule has 0 radical (unpaired) electrons. The molecule has 1 atom stereocenters. The van der Waals surface area contributed by atoms with Gasteiger partial charge in [-0.2, -0.15) is 0 Å². The first-order chi connectivity index (χ1) is 9.10. The maximum atomic E-state index is 10.6. The van der Waals surface area contributed by atoms with E-state index < -0.39 is 4.92 Å². The predicted molar refractivity (Wildman–Crippen MR) is 74.2 cm³/mol. The zero-order chi connectivity index (χ0) is 13.8. The Morgan fingerprint density at radius 3 is 2.68 bits per heavy atom. The van der Waals surface area contributed by atoms with Crippen LogP contribution in [-0.4, -0.2) is 19.9 Å². The lowest BCUT2D eigenvalue weighted by molar-refractivity contribution is -0.384. The molecule has 0 aliphatic rings. The van der Waals surface area contributed by atoms with Crippen molar-refractivity contribution in [2.45, 2.75) is 24.7 Å². The molecule has 7 heteroatoms. The molecule has 1 aromatic heterocycles. The van der Waals surface area contributed by atoms with Gasteiger partial charge in [0, 0.05) is 18.3 Å². The van der Waals surface area contributed by atoms with Crippen LogP contribution in [0.25, 0.3) is 0 Å². The number of alkyl halides is 1. The van der Waals surface area contributed by atoms with Crippen molar-refractivity contribution in [2.75, 3.05) is 0 Å². The molecule has 0 aliphatic carbocycles. The molecule has 0 fully saturated rings. The van der Waals surface area contributed by atoms with Crippen molar-refractivity contribution < 1.29 is 4.92 Å². The number of hydrogen-bond acceptors (Lipinski definition) is 4. The summed E-state index contributed by atoms with van der Waals surface area (Å²) in [6.07, 6.45) is 2.82. The molecule has 1 aromatic carbocycles. The molecular weight excluding hydrogens is 312 g/mol. The number of hydrogen-bond donors (Lipinski definition) is 0. The van der Waals surface area contributed by atoms with Crippen LogP contribution in [-0.2, 0) is 6.54 Å². The summed E-state index contributed by atoms with van der Waals surface area (Å²) in [4.78, 5) is 10.4. The van der Waals surface area contributed by atoms with Crippen LogP contribution in [0.5, 0.6) is 0 Å². The van der Waals surface area contributed by atoms with Gasteiger partial charge in [0.15, 0.2) is 0 Å². The normalized spacial score (nSPS) is 12.3. The lowest BCUT2D eigenvalue weighted by Crippen LogP contribution is -2.00. The highest BCUT2D eigenvalue weighted by Crippen LogP contribution is 2.23. The minimum absolute atomic E-state index is 0.0922. The molecule has 0 N–H and O–H groups in total. The first-order valence-electron chi connectivity index (χ1n) is 5.87. The molecule has 1 heterocycles. The maximum absolute atomic E-state index is 10.6. The van der Waals surface area contributed by atoms with Crippen molar-refractivity contribution in [1.82, 2.24) is 15.0 Å². The summed E-state index contributed by atoms with van der Waals surface area (Å²) in [5, 5.41) is 18.7. The lowest BCUT2D eigenvalue weighted by Gasteiger charge is -2.01. The van der Waals surface area contributed by atoms with E-state index >= 15 is 0 Å². The minimum atomic E-state index is -0.409. The molecule has 1 unspecified atom stereocenters. The van der Waals surface area contributed by atoms with E-state index in [0.717, 1.165) is 17.7 Å². The van der Waals surface area contributed by atoms with Gasteiger partial charge in [0.1, 0.15) is 0 Å². The summed E-state index contributed by atoms with van der Waals surface area (Å²) < 4.78 is 1.72. The standard InChI is InChI=1S/C12H13BrN4O2/c1-2-11(13)12-8-16(15-14-12)7-9-3-5-10(6-4-9)17(18)19/h3-6,8,11H,2,7H2,1H3. The Labute approximate surface area is 118 Å². The van der Waals surface area contributed by atoms with Gasteiger partial charge >= 0.3 is 0 Å². The molecule has 2 aromatic rings. The summed E-state index contributed by atoms with van der Waals surface area (Å²) in [6.45, 7) is 2.61. The summed E-state index contributed by atoms with van der Waals surface area (Å²) in [5.41, 5.74) is 1.93. The Balaban J connectivity index is 2.08. The topological polar surface area (TPSA) is 73.8 Å². The smallest absolute Gasteiger partial charge is 0.258 e. The zero-order valence-electron chi connectivity index (χ0n) is 10.4. The fraction of sp³-hybridized carbons (Fsp3) is 0.333. The fourth-order valence-electron chi connectivity index (χ4n) is 1.65. The van der Waals surface area contributed by atoms with Crippen LogP contribution in [0.2, 0.25) is 0 Å². The maximum Gasteiger partial charge on any atom is 0.269 e. The molecule has 0 saturated carbocycles. The van der Waals surface area contributed by atoms with Crippen LogP contribution in [0.1, 0.15) is 29.4 Å². The Morgan fingerprint density at radius 1 is 1.42 bits per heavy atom. The van der Waals surface area contributed by atoms with E-state index in [9.17, 15) is 10.1 Å². The first kappa shape index (κ1) is 13.7. The van der Waals surface area contributed by atoms with Crippen molar-refractivity contribution in [1.29, 1.82) is 0 Å². The highest BCUT2D eigenvalue weighted by atomic mass is 79.9. The minimum Gasteiger partial charge on any atom is -0.258 e. The Hall–Kier alpha value is -1.76. The highest BCUT2D eigenvalue weighted by Gasteiger charge is 2.10. The van der Waals surface area contributed by atoms with Gasteiger partial charge in [0.2, 0.25) is 0 Å². The third-order valence-corrected chi connectivity index (χ3v) is 3.84. The fourth-order valence-corrected chi connectivity index (χ4v) is 1.86. The van der Waals surface area contributed by atoms with Crippen LogP contribution < -0.4 is 0 Å². The highest BCUT2D eigenvalue weighted by molar-refractivity contribution is 9.09. The molecule has 0 aliphatic heterocycles. The second-order valence-electron chi connectivity index (χ2n) is 4.14. The molecule has 0 bridgehead atoms. The second kappa shape index (κ2) is 5.92. The summed E-state index contributed by atoms with van der Waals surface area (Å²) in [7, 11) is 0. The molecule has 100 valence electrons. The SMILES string of the molecule is CCC(Br)c1cn(Cc2ccc([N+](=O)[O-])cc2)nn1. The van der Waals surface area contributed by atoms with E-state index in [-0.39, 0.29) is 10.5 Å². The third-order valence-electron chi connectivity index (χ3n) is 2.73. The number of nitro groups is 1. The number of benzene rings is 1. The lowest BCUT2D eigenvalue weighted by atomic mass is 10.2. The predicted octanol–water partition coefficient (Wildman–Crippen LogP) is 3.08. The van der Waals surface area contributed by atoms with E-state index in [1.54, 1.807) is 16.8 Å². The van der Waals surface area contributed by atoms with Gasteiger partial charge in [-0.05, 0) is 12.0 Å². The molecular formula is C12H13BrN4O2. The van der Waals surface area contributed by atoms with Gasteiger partial charge in [-0.25, -0.2) is 4.68 Å². The van der Waals surface area contributed by atoms with Crippen LogP contribution in [0.4, 0.5) is 5.69 Å². The van der Waals surface area contributed by atoms with Crippen molar-refractivity contribution in [3.8, 4) is 0 Å². The third kappa shape index (κ3) is 3.37. The molecule has 19 heavy (non-hydrogen) atoms. The number of halogens is 1. The van der Waals surface area contributed by atoms with E-state index in [1.165, 1.54) is 12.1 Å². The molecule has 0 amide bonds. The van der Waals surface area contributed by atoms with Gasteiger partial charge in [0.05, 0.1) is 22.0 Å². The molecule has 6 nitrogen and oxygen atoms in total. The summed E-state index contributed by atoms with van der Waals surface area (Å²) in [6, 6.07) is 6.44. The van der Waals surface area contributed by atoms with Crippen LogP contribution in [0, 0.1) is 10.1 Å². The average molecular weight is 325 g/mol. The Bertz CT molecular complexity index is 567. The van der Waals surface area contributed by atoms with Crippen molar-refractivity contribution in [3.63, 3.8) is 0 Å². The number of nitro benzene ring substituents is 1. The zero-order valence-corrected chi connectivity index (χ0v) is 11.9. The Morgan fingerprint density at radius 2 is 2.11 bits per heavy atom. The van der Waals surface area contributed by atoms with Crippen LogP contribution in [0.3, 0.4) is 0 Å². The van der Waals surface area contributed by atoms with Crippen LogP contribution in [0.15, 0.2) is 30.5 Å².